The first-order valence-electron chi connectivity index (χ1n) is 4.34. The third-order valence-corrected chi connectivity index (χ3v) is 2.69. The fourth-order valence-corrected chi connectivity index (χ4v) is 1.81. The molecule has 4 nitrogen and oxygen atoms in total. The molecule has 1 aliphatic rings. The average Bonchev–Trinajstić information content (AvgIpc) is 2.05. The molecule has 1 fully saturated rings. The highest BCUT2D eigenvalue weighted by molar-refractivity contribution is 7.77. The first kappa shape index (κ1) is 10.1. The summed E-state index contributed by atoms with van der Waals surface area (Å²) in [7, 11) is 0. The van der Waals surface area contributed by atoms with Gasteiger partial charge < -0.3 is 5.32 Å². The molecule has 0 aliphatic carbocycles. The van der Waals surface area contributed by atoms with Gasteiger partial charge in [-0.25, -0.2) is 8.93 Å². The Hall–Kier alpha value is 0.0300. The van der Waals surface area contributed by atoms with Gasteiger partial charge in [-0.05, 0) is 38.3 Å². The zero-order valence-electron chi connectivity index (χ0n) is 7.08. The molecule has 0 saturated carbocycles. The van der Waals surface area contributed by atoms with Gasteiger partial charge in [0, 0.05) is 6.54 Å². The lowest BCUT2D eigenvalue weighted by Crippen LogP contribution is -2.30. The van der Waals surface area contributed by atoms with Gasteiger partial charge in [0.15, 0.2) is 0 Å². The van der Waals surface area contributed by atoms with Crippen LogP contribution >= 0.6 is 0 Å². The number of nitrogens with one attached hydrogen (secondary N) is 2. The largest absolute Gasteiger partial charge is 0.317 e. The fourth-order valence-electron chi connectivity index (χ4n) is 1.52. The van der Waals surface area contributed by atoms with Crippen molar-refractivity contribution in [3.63, 3.8) is 0 Å². The van der Waals surface area contributed by atoms with E-state index in [0.717, 1.165) is 25.4 Å². The van der Waals surface area contributed by atoms with Crippen LogP contribution in [0.15, 0.2) is 0 Å². The van der Waals surface area contributed by atoms with Crippen molar-refractivity contribution in [2.45, 2.75) is 19.3 Å². The van der Waals surface area contributed by atoms with Gasteiger partial charge in [0.25, 0.3) is 0 Å². The minimum Gasteiger partial charge on any atom is -0.317 e. The zero-order chi connectivity index (χ0) is 8.81. The molecule has 0 radical (unpaired) electrons. The van der Waals surface area contributed by atoms with Crippen molar-refractivity contribution in [1.82, 2.24) is 10.0 Å². The van der Waals surface area contributed by atoms with Crippen LogP contribution in [0.1, 0.15) is 19.3 Å². The van der Waals surface area contributed by atoms with E-state index in [9.17, 15) is 4.21 Å². The molecule has 1 aliphatic heterocycles. The standard InChI is InChI=1S/C7H16N2O2S/c10-12(11)9-6-3-7-1-4-8-5-2-7/h7-9H,1-6H2,(H,10,11). The molecular formula is C7H16N2O2S. The molecule has 0 aromatic heterocycles. The van der Waals surface area contributed by atoms with Crippen molar-refractivity contribution in [2.24, 2.45) is 5.92 Å². The van der Waals surface area contributed by atoms with E-state index < -0.39 is 11.3 Å². The topological polar surface area (TPSA) is 61.4 Å². The van der Waals surface area contributed by atoms with E-state index in [-0.39, 0.29) is 0 Å². The summed E-state index contributed by atoms with van der Waals surface area (Å²) in [5.41, 5.74) is 0. The van der Waals surface area contributed by atoms with E-state index >= 15 is 0 Å². The summed E-state index contributed by atoms with van der Waals surface area (Å²) in [5, 5.41) is 3.28. The Morgan fingerprint density at radius 1 is 1.50 bits per heavy atom. The third-order valence-electron chi connectivity index (χ3n) is 2.24. The lowest BCUT2D eigenvalue weighted by Gasteiger charge is -2.22. The number of hydrogen-bond acceptors (Lipinski definition) is 2. The predicted octanol–water partition coefficient (Wildman–Crippen LogP) is 0.102. The van der Waals surface area contributed by atoms with Crippen molar-refractivity contribution in [2.75, 3.05) is 19.6 Å². The Bertz CT molecular complexity index is 148. The van der Waals surface area contributed by atoms with E-state index in [1.54, 1.807) is 0 Å². The van der Waals surface area contributed by atoms with Crippen molar-refractivity contribution < 1.29 is 8.76 Å². The van der Waals surface area contributed by atoms with Gasteiger partial charge in [-0.1, -0.05) is 0 Å². The van der Waals surface area contributed by atoms with Gasteiger partial charge in [-0.3, -0.25) is 4.55 Å². The van der Waals surface area contributed by atoms with Crippen LogP contribution in [-0.4, -0.2) is 28.4 Å². The Balaban J connectivity index is 2.01. The van der Waals surface area contributed by atoms with Crippen LogP contribution in [0.4, 0.5) is 0 Å². The summed E-state index contributed by atoms with van der Waals surface area (Å²) < 4.78 is 21.2. The number of piperidine rings is 1. The van der Waals surface area contributed by atoms with Crippen LogP contribution in [0, 0.1) is 5.92 Å². The average molecular weight is 192 g/mol. The van der Waals surface area contributed by atoms with Crippen LogP contribution in [-0.2, 0) is 11.3 Å². The Morgan fingerprint density at radius 3 is 2.75 bits per heavy atom. The van der Waals surface area contributed by atoms with Crippen LogP contribution in [0.25, 0.3) is 0 Å². The first-order chi connectivity index (χ1) is 5.79. The molecule has 0 amide bonds. The molecule has 1 unspecified atom stereocenters. The number of hydrogen-bond donors (Lipinski definition) is 3. The predicted molar refractivity (Wildman–Crippen MR) is 49.0 cm³/mol. The van der Waals surface area contributed by atoms with Gasteiger partial charge >= 0.3 is 0 Å². The maximum atomic E-state index is 10.2. The summed E-state index contributed by atoms with van der Waals surface area (Å²) >= 11 is -1.84. The fraction of sp³-hybridized carbons (Fsp3) is 1.00. The summed E-state index contributed by atoms with van der Waals surface area (Å²) in [6, 6.07) is 0. The Morgan fingerprint density at radius 2 is 2.17 bits per heavy atom. The van der Waals surface area contributed by atoms with Crippen LogP contribution in [0.3, 0.4) is 0 Å². The molecule has 12 heavy (non-hydrogen) atoms. The van der Waals surface area contributed by atoms with Crippen LogP contribution in [0.2, 0.25) is 0 Å². The zero-order valence-corrected chi connectivity index (χ0v) is 7.90. The second-order valence-electron chi connectivity index (χ2n) is 3.13. The highest BCUT2D eigenvalue weighted by Crippen LogP contribution is 2.14. The summed E-state index contributed by atoms with van der Waals surface area (Å²) in [5.74, 6) is 0.724. The van der Waals surface area contributed by atoms with Crippen molar-refractivity contribution in [3.8, 4) is 0 Å². The second kappa shape index (κ2) is 5.64. The van der Waals surface area contributed by atoms with E-state index in [0.29, 0.717) is 6.54 Å². The molecule has 0 aromatic rings. The van der Waals surface area contributed by atoms with Gasteiger partial charge in [0.05, 0.1) is 0 Å². The van der Waals surface area contributed by atoms with Gasteiger partial charge in [-0.2, -0.15) is 0 Å². The number of rotatable bonds is 4. The second-order valence-corrected chi connectivity index (χ2v) is 3.91. The summed E-state index contributed by atoms with van der Waals surface area (Å²) in [6.45, 7) is 2.83. The molecule has 1 atom stereocenters. The van der Waals surface area contributed by atoms with Gasteiger partial charge in [0.2, 0.25) is 11.3 Å². The Kier molecular flexibility index (Phi) is 4.75. The maximum absolute atomic E-state index is 10.2. The summed E-state index contributed by atoms with van der Waals surface area (Å²) in [6.07, 6.45) is 3.40. The highest BCUT2D eigenvalue weighted by atomic mass is 32.2. The van der Waals surface area contributed by atoms with Crippen molar-refractivity contribution in [1.29, 1.82) is 0 Å². The summed E-state index contributed by atoms with van der Waals surface area (Å²) in [4.78, 5) is 0. The van der Waals surface area contributed by atoms with Crippen molar-refractivity contribution >= 4 is 11.3 Å². The van der Waals surface area contributed by atoms with Gasteiger partial charge in [0.1, 0.15) is 0 Å². The molecule has 1 heterocycles. The molecule has 72 valence electrons. The molecule has 0 aromatic carbocycles. The molecule has 3 N–H and O–H groups in total. The Labute approximate surface area is 75.5 Å². The monoisotopic (exact) mass is 192 g/mol. The molecule has 1 saturated heterocycles. The molecular weight excluding hydrogens is 176 g/mol. The minimum absolute atomic E-state index is 0.647. The van der Waals surface area contributed by atoms with Crippen molar-refractivity contribution in [3.05, 3.63) is 0 Å². The molecule has 5 heteroatoms. The maximum Gasteiger partial charge on any atom is 0.231 e. The smallest absolute Gasteiger partial charge is 0.231 e. The highest BCUT2D eigenvalue weighted by Gasteiger charge is 2.12. The quantitative estimate of drug-likeness (QED) is 0.554. The lowest BCUT2D eigenvalue weighted by atomic mass is 9.95. The van der Waals surface area contributed by atoms with E-state index in [4.69, 9.17) is 4.55 Å². The first-order valence-corrected chi connectivity index (χ1v) is 5.45. The van der Waals surface area contributed by atoms with Crippen LogP contribution in [0.5, 0.6) is 0 Å². The van der Waals surface area contributed by atoms with Gasteiger partial charge in [-0.15, -0.1) is 0 Å². The van der Waals surface area contributed by atoms with E-state index in [2.05, 4.69) is 10.0 Å². The minimum atomic E-state index is -1.84. The molecule has 0 spiro atoms. The van der Waals surface area contributed by atoms with Crippen LogP contribution < -0.4 is 10.0 Å². The SMILES string of the molecule is O=S(O)NCCC1CCNCC1. The lowest BCUT2D eigenvalue weighted by molar-refractivity contribution is 0.354. The molecule has 1 rings (SSSR count). The van der Waals surface area contributed by atoms with E-state index in [1.165, 1.54) is 12.8 Å². The molecule has 0 bridgehead atoms. The third kappa shape index (κ3) is 4.15. The van der Waals surface area contributed by atoms with E-state index in [1.807, 2.05) is 0 Å². The normalized spacial score (nSPS) is 22.4.